The third-order valence-corrected chi connectivity index (χ3v) is 3.95. The van der Waals surface area contributed by atoms with E-state index >= 15 is 0 Å². The van der Waals surface area contributed by atoms with Gasteiger partial charge in [0.1, 0.15) is 0 Å². The Morgan fingerprint density at radius 3 is 2.59 bits per heavy atom. The van der Waals surface area contributed by atoms with Crippen molar-refractivity contribution < 1.29 is 0 Å². The summed E-state index contributed by atoms with van der Waals surface area (Å²) in [6.07, 6.45) is 5.36. The van der Waals surface area contributed by atoms with Crippen LogP contribution < -0.4 is 0 Å². The number of unbranched alkanes of at least 4 members (excludes halogenated alkanes) is 1. The molecule has 0 radical (unpaired) electrons. The molecule has 0 bridgehead atoms. The third kappa shape index (κ3) is 2.84. The molecule has 0 amide bonds. The molecule has 1 heterocycles. The number of nitrogens with zero attached hydrogens (tertiary/aromatic N) is 2. The van der Waals surface area contributed by atoms with Crippen LogP contribution in [0, 0.1) is 11.3 Å². The predicted molar refractivity (Wildman–Crippen MR) is 90.5 cm³/mol. The quantitative estimate of drug-likeness (QED) is 0.667. The van der Waals surface area contributed by atoms with Crippen LogP contribution in [0.15, 0.2) is 54.7 Å². The molecule has 0 N–H and O–H groups in total. The highest BCUT2D eigenvalue weighted by molar-refractivity contribution is 5.94. The van der Waals surface area contributed by atoms with Crippen molar-refractivity contribution in [2.75, 3.05) is 0 Å². The Balaban J connectivity index is 2.09. The number of aryl methyl sites for hydroxylation is 1. The lowest BCUT2D eigenvalue weighted by Gasteiger charge is -2.08. The molecule has 3 aromatic rings. The van der Waals surface area contributed by atoms with Crippen LogP contribution in [0.5, 0.6) is 0 Å². The van der Waals surface area contributed by atoms with Crippen molar-refractivity contribution in [2.45, 2.75) is 26.2 Å². The van der Waals surface area contributed by atoms with Gasteiger partial charge in [-0.25, -0.2) is 0 Å². The molecule has 0 unspecified atom stereocenters. The second-order valence-corrected chi connectivity index (χ2v) is 5.50. The van der Waals surface area contributed by atoms with Gasteiger partial charge in [0.25, 0.3) is 0 Å². The Labute approximate surface area is 131 Å². The minimum atomic E-state index is 0.686. The first-order chi connectivity index (χ1) is 10.8. The van der Waals surface area contributed by atoms with Crippen molar-refractivity contribution in [3.8, 4) is 17.2 Å². The van der Waals surface area contributed by atoms with Gasteiger partial charge in [-0.1, -0.05) is 31.5 Å². The van der Waals surface area contributed by atoms with Gasteiger partial charge in [0.05, 0.1) is 17.1 Å². The standard InChI is InChI=1S/C20H18N2/c1-2-3-4-15-7-10-20-19(13-15)18(11-12-22-20)17-8-5-16(14-21)6-9-17/h5-13H,2-4H2,1H3. The van der Waals surface area contributed by atoms with Gasteiger partial charge in [-0.15, -0.1) is 0 Å². The summed E-state index contributed by atoms with van der Waals surface area (Å²) in [4.78, 5) is 4.47. The van der Waals surface area contributed by atoms with Crippen molar-refractivity contribution in [3.63, 3.8) is 0 Å². The van der Waals surface area contributed by atoms with Gasteiger partial charge in [0.15, 0.2) is 0 Å². The van der Waals surface area contributed by atoms with Crippen molar-refractivity contribution in [3.05, 3.63) is 65.9 Å². The van der Waals surface area contributed by atoms with E-state index in [1.807, 2.05) is 36.5 Å². The maximum Gasteiger partial charge on any atom is 0.0991 e. The van der Waals surface area contributed by atoms with Crippen LogP contribution in [0.2, 0.25) is 0 Å². The van der Waals surface area contributed by atoms with E-state index in [2.05, 4.69) is 36.2 Å². The van der Waals surface area contributed by atoms with Crippen molar-refractivity contribution >= 4 is 10.9 Å². The zero-order valence-electron chi connectivity index (χ0n) is 12.7. The summed E-state index contributed by atoms with van der Waals surface area (Å²) in [7, 11) is 0. The lowest BCUT2D eigenvalue weighted by atomic mass is 9.98. The molecule has 0 spiro atoms. The van der Waals surface area contributed by atoms with E-state index in [-0.39, 0.29) is 0 Å². The summed E-state index contributed by atoms with van der Waals surface area (Å²) in [5, 5.41) is 10.1. The predicted octanol–water partition coefficient (Wildman–Crippen LogP) is 5.12. The average molecular weight is 286 g/mol. The topological polar surface area (TPSA) is 36.7 Å². The number of benzene rings is 2. The van der Waals surface area contributed by atoms with Gasteiger partial charge in [-0.05, 0) is 59.9 Å². The molecule has 0 saturated carbocycles. The minimum absolute atomic E-state index is 0.686. The van der Waals surface area contributed by atoms with E-state index < -0.39 is 0 Å². The molecule has 22 heavy (non-hydrogen) atoms. The summed E-state index contributed by atoms with van der Waals surface area (Å²) in [6, 6.07) is 18.5. The maximum absolute atomic E-state index is 8.93. The summed E-state index contributed by atoms with van der Waals surface area (Å²) < 4.78 is 0. The molecule has 108 valence electrons. The van der Waals surface area contributed by atoms with E-state index in [0.717, 1.165) is 17.5 Å². The second kappa shape index (κ2) is 6.41. The molecule has 2 heteroatoms. The molecular formula is C20H18N2. The summed E-state index contributed by atoms with van der Waals surface area (Å²) in [5.74, 6) is 0. The van der Waals surface area contributed by atoms with E-state index in [1.165, 1.54) is 29.4 Å². The monoisotopic (exact) mass is 286 g/mol. The molecule has 0 aliphatic rings. The van der Waals surface area contributed by atoms with E-state index in [1.54, 1.807) is 0 Å². The molecule has 0 fully saturated rings. The zero-order chi connectivity index (χ0) is 15.4. The number of pyridine rings is 1. The second-order valence-electron chi connectivity index (χ2n) is 5.50. The molecule has 2 aromatic carbocycles. The van der Waals surface area contributed by atoms with Crippen LogP contribution in [0.1, 0.15) is 30.9 Å². The van der Waals surface area contributed by atoms with E-state index in [4.69, 9.17) is 5.26 Å². The van der Waals surface area contributed by atoms with Gasteiger partial charge >= 0.3 is 0 Å². The first kappa shape index (κ1) is 14.3. The Morgan fingerprint density at radius 1 is 1.05 bits per heavy atom. The largest absolute Gasteiger partial charge is 0.256 e. The SMILES string of the molecule is CCCCc1ccc2nccc(-c3ccc(C#N)cc3)c2c1. The average Bonchev–Trinajstić information content (AvgIpc) is 2.59. The molecular weight excluding hydrogens is 268 g/mol. The molecule has 0 aliphatic heterocycles. The number of nitriles is 1. The first-order valence-electron chi connectivity index (χ1n) is 7.70. The highest BCUT2D eigenvalue weighted by atomic mass is 14.6. The lowest BCUT2D eigenvalue weighted by Crippen LogP contribution is -1.89. The van der Waals surface area contributed by atoms with E-state index in [0.29, 0.717) is 5.56 Å². The Bertz CT molecular complexity index is 826. The van der Waals surface area contributed by atoms with Gasteiger partial charge in [-0.3, -0.25) is 4.98 Å². The molecule has 0 aliphatic carbocycles. The third-order valence-electron chi connectivity index (χ3n) is 3.95. The molecule has 0 saturated heterocycles. The normalized spacial score (nSPS) is 10.5. The fourth-order valence-electron chi connectivity index (χ4n) is 2.71. The van der Waals surface area contributed by atoms with Gasteiger partial charge in [-0.2, -0.15) is 5.26 Å². The smallest absolute Gasteiger partial charge is 0.0991 e. The highest BCUT2D eigenvalue weighted by Crippen LogP contribution is 2.28. The van der Waals surface area contributed by atoms with Crippen LogP contribution in [0.25, 0.3) is 22.0 Å². The fourth-order valence-corrected chi connectivity index (χ4v) is 2.71. The maximum atomic E-state index is 8.93. The summed E-state index contributed by atoms with van der Waals surface area (Å²) in [6.45, 7) is 2.21. The summed E-state index contributed by atoms with van der Waals surface area (Å²) >= 11 is 0. The van der Waals surface area contributed by atoms with Crippen molar-refractivity contribution in [1.82, 2.24) is 4.98 Å². The van der Waals surface area contributed by atoms with Gasteiger partial charge in [0, 0.05) is 11.6 Å². The first-order valence-corrected chi connectivity index (χ1v) is 7.70. The fraction of sp³-hybridized carbons (Fsp3) is 0.200. The number of aromatic nitrogens is 1. The molecule has 3 rings (SSSR count). The van der Waals surface area contributed by atoms with Crippen molar-refractivity contribution in [2.24, 2.45) is 0 Å². The van der Waals surface area contributed by atoms with Crippen LogP contribution in [0.4, 0.5) is 0 Å². The number of rotatable bonds is 4. The van der Waals surface area contributed by atoms with Crippen molar-refractivity contribution in [1.29, 1.82) is 5.26 Å². The van der Waals surface area contributed by atoms with Crippen LogP contribution in [0.3, 0.4) is 0 Å². The number of hydrogen-bond donors (Lipinski definition) is 0. The Morgan fingerprint density at radius 2 is 1.86 bits per heavy atom. The number of hydrogen-bond acceptors (Lipinski definition) is 2. The van der Waals surface area contributed by atoms with Crippen LogP contribution >= 0.6 is 0 Å². The zero-order valence-corrected chi connectivity index (χ0v) is 12.7. The number of fused-ring (bicyclic) bond motifs is 1. The highest BCUT2D eigenvalue weighted by Gasteiger charge is 2.06. The van der Waals surface area contributed by atoms with Crippen LogP contribution in [-0.2, 0) is 6.42 Å². The lowest BCUT2D eigenvalue weighted by molar-refractivity contribution is 0.796. The Hall–Kier alpha value is -2.66. The molecule has 2 nitrogen and oxygen atoms in total. The molecule has 0 atom stereocenters. The van der Waals surface area contributed by atoms with E-state index in [9.17, 15) is 0 Å². The van der Waals surface area contributed by atoms with Gasteiger partial charge < -0.3 is 0 Å². The summed E-state index contributed by atoms with van der Waals surface area (Å²) in [5.41, 5.74) is 5.36. The van der Waals surface area contributed by atoms with Gasteiger partial charge in [0.2, 0.25) is 0 Å². The Kier molecular flexibility index (Phi) is 4.16. The minimum Gasteiger partial charge on any atom is -0.256 e. The van der Waals surface area contributed by atoms with Crippen LogP contribution in [-0.4, -0.2) is 4.98 Å². The molecule has 1 aromatic heterocycles.